The van der Waals surface area contributed by atoms with Crippen LogP contribution in [-0.2, 0) is 0 Å². The molecule has 25 heavy (non-hydrogen) atoms. The summed E-state index contributed by atoms with van der Waals surface area (Å²) in [5, 5.41) is 13.7. The number of aromatic nitrogens is 2. The first-order valence-electron chi connectivity index (χ1n) is 8.46. The van der Waals surface area contributed by atoms with Gasteiger partial charge in [-0.25, -0.2) is 4.68 Å². The van der Waals surface area contributed by atoms with E-state index in [1.54, 1.807) is 11.3 Å². The number of para-hydroxylation sites is 1. The van der Waals surface area contributed by atoms with E-state index in [4.69, 9.17) is 10.2 Å². The largest absolute Gasteiger partial charge is 0.303 e. The van der Waals surface area contributed by atoms with E-state index in [2.05, 4.69) is 52.8 Å². The van der Waals surface area contributed by atoms with Crippen LogP contribution in [0.25, 0.3) is 16.3 Å². The zero-order valence-corrected chi connectivity index (χ0v) is 15.1. The molecule has 0 N–H and O–H groups in total. The molecule has 1 aliphatic heterocycles. The zero-order valence-electron chi connectivity index (χ0n) is 14.2. The standard InChI is InChI=1S/C19H21N5S/c1-22-9-11-23(12-10-22)20-14-16-15-24(17-6-3-2-4-7-17)21-19(16)18-8-5-13-25-18/h2-8,13-15H,9-12H2,1H3. The van der Waals surface area contributed by atoms with Crippen LogP contribution in [0.1, 0.15) is 5.56 Å². The molecule has 1 aliphatic rings. The summed E-state index contributed by atoms with van der Waals surface area (Å²) in [6.07, 6.45) is 4.01. The van der Waals surface area contributed by atoms with Crippen LogP contribution >= 0.6 is 11.3 Å². The lowest BCUT2D eigenvalue weighted by atomic mass is 10.2. The van der Waals surface area contributed by atoms with Crippen LogP contribution in [0, 0.1) is 0 Å². The summed E-state index contributed by atoms with van der Waals surface area (Å²) >= 11 is 1.70. The Morgan fingerprint density at radius 1 is 1.04 bits per heavy atom. The molecule has 0 atom stereocenters. The summed E-state index contributed by atoms with van der Waals surface area (Å²) in [6.45, 7) is 4.04. The fraction of sp³-hybridized carbons (Fsp3) is 0.263. The Morgan fingerprint density at radius 3 is 2.56 bits per heavy atom. The van der Waals surface area contributed by atoms with Crippen LogP contribution < -0.4 is 0 Å². The molecule has 2 aromatic heterocycles. The van der Waals surface area contributed by atoms with Crippen LogP contribution in [0.5, 0.6) is 0 Å². The van der Waals surface area contributed by atoms with E-state index in [0.29, 0.717) is 0 Å². The SMILES string of the molecule is CN1CCN(N=Cc2cn(-c3ccccc3)nc2-c2cccs2)CC1. The summed E-state index contributed by atoms with van der Waals surface area (Å²) in [4.78, 5) is 3.49. The molecule has 4 rings (SSSR count). The van der Waals surface area contributed by atoms with E-state index in [-0.39, 0.29) is 0 Å². The highest BCUT2D eigenvalue weighted by atomic mass is 32.1. The molecule has 0 saturated carbocycles. The van der Waals surface area contributed by atoms with Crippen molar-refractivity contribution in [1.29, 1.82) is 0 Å². The number of hydrogen-bond donors (Lipinski definition) is 0. The van der Waals surface area contributed by atoms with Gasteiger partial charge in [0.25, 0.3) is 0 Å². The second-order valence-corrected chi connectivity index (χ2v) is 7.14. The Balaban J connectivity index is 1.64. The molecule has 1 fully saturated rings. The predicted molar refractivity (Wildman–Crippen MR) is 104 cm³/mol. The fourth-order valence-corrected chi connectivity index (χ4v) is 3.59. The van der Waals surface area contributed by atoms with Gasteiger partial charge in [-0.2, -0.15) is 10.2 Å². The predicted octanol–water partition coefficient (Wildman–Crippen LogP) is 3.18. The average molecular weight is 351 g/mol. The molecule has 3 aromatic rings. The van der Waals surface area contributed by atoms with E-state index < -0.39 is 0 Å². The van der Waals surface area contributed by atoms with Crippen molar-refractivity contribution in [2.45, 2.75) is 0 Å². The van der Waals surface area contributed by atoms with Crippen LogP contribution in [0.3, 0.4) is 0 Å². The number of likely N-dealkylation sites (N-methyl/N-ethyl adjacent to an activating group) is 1. The number of rotatable bonds is 4. The molecule has 0 spiro atoms. The van der Waals surface area contributed by atoms with Crippen LogP contribution in [-0.4, -0.2) is 59.1 Å². The number of thiophene rings is 1. The molecule has 0 bridgehead atoms. The van der Waals surface area contributed by atoms with Gasteiger partial charge in [0.15, 0.2) is 0 Å². The second-order valence-electron chi connectivity index (χ2n) is 6.19. The first kappa shape index (κ1) is 16.1. The minimum Gasteiger partial charge on any atom is -0.303 e. The molecule has 0 amide bonds. The Bertz CT molecular complexity index is 830. The molecule has 1 saturated heterocycles. The van der Waals surface area contributed by atoms with E-state index >= 15 is 0 Å². The van der Waals surface area contributed by atoms with Gasteiger partial charge < -0.3 is 4.90 Å². The monoisotopic (exact) mass is 351 g/mol. The van der Waals surface area contributed by atoms with Gasteiger partial charge in [0.2, 0.25) is 0 Å². The minimum absolute atomic E-state index is 0.966. The molecular weight excluding hydrogens is 330 g/mol. The summed E-state index contributed by atoms with van der Waals surface area (Å²) in [6, 6.07) is 14.4. The normalized spacial score (nSPS) is 16.0. The molecule has 0 radical (unpaired) electrons. The van der Waals surface area contributed by atoms with Crippen molar-refractivity contribution in [3.8, 4) is 16.3 Å². The third-order valence-electron chi connectivity index (χ3n) is 4.36. The summed E-state index contributed by atoms with van der Waals surface area (Å²) in [5.41, 5.74) is 3.08. The maximum Gasteiger partial charge on any atom is 0.112 e. The fourth-order valence-electron chi connectivity index (χ4n) is 2.85. The van der Waals surface area contributed by atoms with Crippen LogP contribution in [0.4, 0.5) is 0 Å². The third kappa shape index (κ3) is 3.65. The number of nitrogens with zero attached hydrogens (tertiary/aromatic N) is 5. The van der Waals surface area contributed by atoms with Crippen molar-refractivity contribution < 1.29 is 0 Å². The quantitative estimate of drug-likeness (QED) is 0.678. The van der Waals surface area contributed by atoms with Gasteiger partial charge in [0, 0.05) is 37.9 Å². The summed E-state index contributed by atoms with van der Waals surface area (Å²) < 4.78 is 1.93. The molecule has 0 unspecified atom stereocenters. The molecular formula is C19H21N5S. The highest BCUT2D eigenvalue weighted by Gasteiger charge is 2.14. The lowest BCUT2D eigenvalue weighted by Crippen LogP contribution is -2.41. The van der Waals surface area contributed by atoms with E-state index in [1.165, 1.54) is 0 Å². The number of benzene rings is 1. The molecule has 3 heterocycles. The van der Waals surface area contributed by atoms with Gasteiger partial charge in [0.05, 0.1) is 16.8 Å². The van der Waals surface area contributed by atoms with Gasteiger partial charge in [-0.1, -0.05) is 24.3 Å². The lowest BCUT2D eigenvalue weighted by molar-refractivity contribution is 0.159. The van der Waals surface area contributed by atoms with E-state index in [9.17, 15) is 0 Å². The third-order valence-corrected chi connectivity index (χ3v) is 5.23. The first-order chi connectivity index (χ1) is 12.3. The molecule has 0 aliphatic carbocycles. The average Bonchev–Trinajstić information content (AvgIpc) is 3.31. The Hall–Kier alpha value is -2.44. The first-order valence-corrected chi connectivity index (χ1v) is 9.34. The summed E-state index contributed by atoms with van der Waals surface area (Å²) in [7, 11) is 2.15. The van der Waals surface area contributed by atoms with E-state index in [1.807, 2.05) is 29.1 Å². The molecule has 6 heteroatoms. The Morgan fingerprint density at radius 2 is 1.84 bits per heavy atom. The topological polar surface area (TPSA) is 36.7 Å². The lowest BCUT2D eigenvalue weighted by Gasteiger charge is -2.30. The van der Waals surface area contributed by atoms with Crippen molar-refractivity contribution in [2.75, 3.05) is 33.2 Å². The van der Waals surface area contributed by atoms with Crippen molar-refractivity contribution in [3.05, 3.63) is 59.6 Å². The van der Waals surface area contributed by atoms with Gasteiger partial charge >= 0.3 is 0 Å². The van der Waals surface area contributed by atoms with Gasteiger partial charge in [-0.15, -0.1) is 11.3 Å². The smallest absolute Gasteiger partial charge is 0.112 e. The molecule has 5 nitrogen and oxygen atoms in total. The molecule has 128 valence electrons. The number of piperazine rings is 1. The van der Waals surface area contributed by atoms with Crippen LogP contribution in [0.2, 0.25) is 0 Å². The van der Waals surface area contributed by atoms with E-state index in [0.717, 1.165) is 48.0 Å². The van der Waals surface area contributed by atoms with Crippen molar-refractivity contribution in [1.82, 2.24) is 19.7 Å². The Labute approximate surface area is 151 Å². The van der Waals surface area contributed by atoms with Crippen molar-refractivity contribution in [3.63, 3.8) is 0 Å². The zero-order chi connectivity index (χ0) is 17.1. The highest BCUT2D eigenvalue weighted by molar-refractivity contribution is 7.13. The number of hydrogen-bond acceptors (Lipinski definition) is 5. The van der Waals surface area contributed by atoms with Crippen molar-refractivity contribution in [2.24, 2.45) is 5.10 Å². The Kier molecular flexibility index (Phi) is 4.63. The van der Waals surface area contributed by atoms with Gasteiger partial charge in [-0.05, 0) is 30.6 Å². The summed E-state index contributed by atoms with van der Waals surface area (Å²) in [5.74, 6) is 0. The minimum atomic E-state index is 0.966. The molecule has 1 aromatic carbocycles. The maximum absolute atomic E-state index is 4.81. The van der Waals surface area contributed by atoms with Gasteiger partial charge in [0.1, 0.15) is 5.69 Å². The van der Waals surface area contributed by atoms with Crippen LogP contribution in [0.15, 0.2) is 59.1 Å². The maximum atomic E-state index is 4.81. The highest BCUT2D eigenvalue weighted by Crippen LogP contribution is 2.27. The second kappa shape index (κ2) is 7.21. The van der Waals surface area contributed by atoms with Gasteiger partial charge in [-0.3, -0.25) is 5.01 Å². The number of hydrazone groups is 1. The van der Waals surface area contributed by atoms with Crippen molar-refractivity contribution >= 4 is 17.6 Å².